The molecule has 3 aliphatic rings. The Morgan fingerprint density at radius 2 is 1.71 bits per heavy atom. The molecule has 0 bridgehead atoms. The molecule has 7 nitrogen and oxygen atoms in total. The molecule has 1 atom stereocenters. The van der Waals surface area contributed by atoms with Crippen LogP contribution in [0.2, 0.25) is 0 Å². The highest BCUT2D eigenvalue weighted by atomic mass is 16.2. The van der Waals surface area contributed by atoms with Gasteiger partial charge in [0, 0.05) is 37.4 Å². The third kappa shape index (κ3) is 4.54. The van der Waals surface area contributed by atoms with Crippen LogP contribution in [0.1, 0.15) is 27.0 Å². The first-order valence-corrected chi connectivity index (χ1v) is 11.9. The average Bonchev–Trinajstić information content (AvgIpc) is 2.88. The first-order chi connectivity index (χ1) is 16.9. The van der Waals surface area contributed by atoms with E-state index < -0.39 is 11.9 Å². The fourth-order valence-corrected chi connectivity index (χ4v) is 4.75. The second-order valence-electron chi connectivity index (χ2n) is 9.23. The lowest BCUT2D eigenvalue weighted by Gasteiger charge is -2.37. The first-order valence-electron chi connectivity index (χ1n) is 11.9. The molecule has 1 aliphatic carbocycles. The van der Waals surface area contributed by atoms with Gasteiger partial charge < -0.3 is 9.80 Å². The van der Waals surface area contributed by atoms with Gasteiger partial charge in [-0.3, -0.25) is 14.5 Å². The summed E-state index contributed by atoms with van der Waals surface area (Å²) in [7, 11) is 0. The van der Waals surface area contributed by atoms with Crippen LogP contribution in [0.25, 0.3) is 0 Å². The van der Waals surface area contributed by atoms with Gasteiger partial charge >= 0.3 is 6.03 Å². The fraction of sp³-hybridized carbons (Fsp3) is 0.286. The molecule has 0 saturated carbocycles. The largest absolute Gasteiger partial charge is 0.368 e. The minimum Gasteiger partial charge on any atom is -0.368 e. The number of rotatable bonds is 4. The molecule has 0 radical (unpaired) electrons. The van der Waals surface area contributed by atoms with Gasteiger partial charge in [-0.05, 0) is 54.8 Å². The van der Waals surface area contributed by atoms with E-state index in [4.69, 9.17) is 0 Å². The van der Waals surface area contributed by atoms with E-state index in [2.05, 4.69) is 41.9 Å². The number of urea groups is 1. The summed E-state index contributed by atoms with van der Waals surface area (Å²) >= 11 is 0. The van der Waals surface area contributed by atoms with Crippen LogP contribution in [0.15, 0.2) is 71.8 Å². The summed E-state index contributed by atoms with van der Waals surface area (Å²) in [5.74, 6) is -0.793. The van der Waals surface area contributed by atoms with Crippen molar-refractivity contribution in [3.63, 3.8) is 0 Å². The van der Waals surface area contributed by atoms with E-state index in [1.54, 1.807) is 48.6 Å². The van der Waals surface area contributed by atoms with Gasteiger partial charge in [0.2, 0.25) is 5.91 Å². The van der Waals surface area contributed by atoms with Gasteiger partial charge in [0.1, 0.15) is 0 Å². The quantitative estimate of drug-likeness (QED) is 0.682. The van der Waals surface area contributed by atoms with Crippen molar-refractivity contribution in [3.05, 3.63) is 89.0 Å². The van der Waals surface area contributed by atoms with Crippen LogP contribution in [0, 0.1) is 19.8 Å². The molecule has 2 aromatic carbocycles. The van der Waals surface area contributed by atoms with E-state index in [0.29, 0.717) is 24.4 Å². The van der Waals surface area contributed by atoms with Crippen molar-refractivity contribution in [2.24, 2.45) is 10.9 Å². The standard InChI is InChI=1S/C28H28N4O3/c1-19-7-8-20(2)25(17-19)30-13-15-31(16-14-30)26(33)22-11-9-21(10-12-22)18-32-27(34)23-5-3-4-6-24(23)29-28(32)35/h3-12,17,23H,13-16,18H2,1-2H3. The summed E-state index contributed by atoms with van der Waals surface area (Å²) in [6.07, 6.45) is 7.01. The molecule has 2 heterocycles. The maximum atomic E-state index is 13.1. The maximum Gasteiger partial charge on any atom is 0.350 e. The van der Waals surface area contributed by atoms with Crippen LogP contribution >= 0.6 is 0 Å². The number of aryl methyl sites for hydroxylation is 2. The van der Waals surface area contributed by atoms with Gasteiger partial charge in [0.05, 0.1) is 18.2 Å². The number of benzene rings is 2. The number of fused-ring (bicyclic) bond motifs is 1. The van der Waals surface area contributed by atoms with E-state index >= 15 is 0 Å². The highest BCUT2D eigenvalue weighted by Crippen LogP contribution is 2.24. The number of nitrogens with zero attached hydrogens (tertiary/aromatic N) is 4. The zero-order valence-corrected chi connectivity index (χ0v) is 20.0. The normalized spacial score (nSPS) is 19.7. The highest BCUT2D eigenvalue weighted by molar-refractivity contribution is 6.21. The summed E-state index contributed by atoms with van der Waals surface area (Å²) in [6, 6.07) is 13.1. The van der Waals surface area contributed by atoms with Gasteiger partial charge in [0.15, 0.2) is 0 Å². The Bertz CT molecular complexity index is 1270. The maximum absolute atomic E-state index is 13.1. The van der Waals surface area contributed by atoms with E-state index in [1.165, 1.54) is 21.7 Å². The van der Waals surface area contributed by atoms with E-state index in [0.717, 1.165) is 18.7 Å². The van der Waals surface area contributed by atoms with Crippen LogP contribution in [0.3, 0.4) is 0 Å². The third-order valence-electron chi connectivity index (χ3n) is 6.80. The lowest BCUT2D eigenvalue weighted by atomic mass is 9.95. The fourth-order valence-electron chi connectivity index (χ4n) is 4.75. The van der Waals surface area contributed by atoms with Gasteiger partial charge in [-0.2, -0.15) is 4.99 Å². The molecule has 0 N–H and O–H groups in total. The molecule has 2 aliphatic heterocycles. The van der Waals surface area contributed by atoms with E-state index in [9.17, 15) is 14.4 Å². The molecule has 1 saturated heterocycles. The number of aliphatic imine (C=N–C) groups is 1. The number of imide groups is 1. The molecule has 5 rings (SSSR count). The second kappa shape index (κ2) is 9.33. The Balaban J connectivity index is 1.21. The monoisotopic (exact) mass is 468 g/mol. The molecule has 0 aromatic heterocycles. The topological polar surface area (TPSA) is 73.3 Å². The van der Waals surface area contributed by atoms with E-state index in [-0.39, 0.29) is 18.4 Å². The number of hydrogen-bond acceptors (Lipinski definition) is 4. The molecule has 2 aromatic rings. The van der Waals surface area contributed by atoms with Crippen molar-refractivity contribution in [1.29, 1.82) is 0 Å². The lowest BCUT2D eigenvalue weighted by Crippen LogP contribution is -2.49. The zero-order valence-electron chi connectivity index (χ0n) is 20.0. The predicted molar refractivity (Wildman–Crippen MR) is 136 cm³/mol. The summed E-state index contributed by atoms with van der Waals surface area (Å²) in [5, 5.41) is 0. The Labute approximate surface area is 205 Å². The van der Waals surface area contributed by atoms with Crippen molar-refractivity contribution in [1.82, 2.24) is 9.80 Å². The Morgan fingerprint density at radius 1 is 0.971 bits per heavy atom. The number of carbonyl (C=O) groups is 3. The van der Waals surface area contributed by atoms with Gasteiger partial charge in [-0.15, -0.1) is 0 Å². The summed E-state index contributed by atoms with van der Waals surface area (Å²) < 4.78 is 0. The molecule has 0 spiro atoms. The van der Waals surface area contributed by atoms with Crippen LogP contribution in [0.5, 0.6) is 0 Å². The molecular weight excluding hydrogens is 440 g/mol. The number of amides is 4. The molecule has 35 heavy (non-hydrogen) atoms. The summed E-state index contributed by atoms with van der Waals surface area (Å²) in [4.78, 5) is 47.7. The summed E-state index contributed by atoms with van der Waals surface area (Å²) in [6.45, 7) is 7.25. The molecular formula is C28H28N4O3. The smallest absolute Gasteiger partial charge is 0.350 e. The second-order valence-corrected chi connectivity index (χ2v) is 9.23. The molecule has 1 unspecified atom stereocenters. The Hall–Kier alpha value is -4.00. The number of piperazine rings is 1. The Kier molecular flexibility index (Phi) is 6.07. The number of carbonyl (C=O) groups excluding carboxylic acids is 3. The molecule has 4 amide bonds. The number of allylic oxidation sites excluding steroid dienone is 3. The molecule has 7 heteroatoms. The van der Waals surface area contributed by atoms with Crippen molar-refractivity contribution >= 4 is 29.2 Å². The zero-order chi connectivity index (χ0) is 24.5. The van der Waals surface area contributed by atoms with Gasteiger partial charge in [-0.1, -0.05) is 42.5 Å². The van der Waals surface area contributed by atoms with Crippen molar-refractivity contribution < 1.29 is 14.4 Å². The van der Waals surface area contributed by atoms with Crippen LogP contribution < -0.4 is 4.90 Å². The minimum absolute atomic E-state index is 0.00402. The van der Waals surface area contributed by atoms with Crippen molar-refractivity contribution in [2.45, 2.75) is 20.4 Å². The average molecular weight is 469 g/mol. The van der Waals surface area contributed by atoms with Crippen molar-refractivity contribution in [2.75, 3.05) is 31.1 Å². The SMILES string of the molecule is Cc1ccc(C)c(N2CCN(C(=O)c3ccc(CN4C(=O)N=C5C=CC=CC5C4=O)cc3)CC2)c1. The number of hydrogen-bond donors (Lipinski definition) is 0. The van der Waals surface area contributed by atoms with Crippen LogP contribution in [0.4, 0.5) is 10.5 Å². The van der Waals surface area contributed by atoms with Crippen LogP contribution in [-0.4, -0.2) is 59.5 Å². The van der Waals surface area contributed by atoms with Gasteiger partial charge in [0.25, 0.3) is 5.91 Å². The molecule has 178 valence electrons. The molecule has 1 fully saturated rings. The summed E-state index contributed by atoms with van der Waals surface area (Å²) in [5.41, 5.74) is 5.57. The first kappa shape index (κ1) is 22.8. The van der Waals surface area contributed by atoms with Crippen LogP contribution in [-0.2, 0) is 11.3 Å². The lowest BCUT2D eigenvalue weighted by molar-refractivity contribution is -0.129. The Morgan fingerprint density at radius 3 is 2.46 bits per heavy atom. The van der Waals surface area contributed by atoms with E-state index in [1.807, 2.05) is 4.90 Å². The van der Waals surface area contributed by atoms with Crippen molar-refractivity contribution in [3.8, 4) is 0 Å². The highest BCUT2D eigenvalue weighted by Gasteiger charge is 2.35. The third-order valence-corrected chi connectivity index (χ3v) is 6.80. The van der Waals surface area contributed by atoms with Gasteiger partial charge in [-0.25, -0.2) is 4.79 Å². The predicted octanol–water partition coefficient (Wildman–Crippen LogP) is 3.91. The minimum atomic E-state index is -0.553. The number of anilines is 1.